The van der Waals surface area contributed by atoms with Gasteiger partial charge in [0.1, 0.15) is 17.1 Å². The summed E-state index contributed by atoms with van der Waals surface area (Å²) in [6, 6.07) is 8.02. The molecule has 0 bridgehead atoms. The van der Waals surface area contributed by atoms with Crippen LogP contribution in [0.2, 0.25) is 0 Å². The van der Waals surface area contributed by atoms with Crippen molar-refractivity contribution in [1.82, 2.24) is 10.3 Å². The van der Waals surface area contributed by atoms with Gasteiger partial charge >= 0.3 is 12.1 Å². The Morgan fingerprint density at radius 3 is 2.58 bits per heavy atom. The van der Waals surface area contributed by atoms with Gasteiger partial charge in [0.25, 0.3) is 5.91 Å². The SMILES string of the molecule is O=C(NC1(C(=O)O)CCCCC1)c1ccc(N2CCc3cc(OCCC4CCOCC4)ccc32)nc1C(F)(F)F. The van der Waals surface area contributed by atoms with E-state index >= 15 is 0 Å². The molecule has 1 saturated heterocycles. The number of hydrogen-bond donors (Lipinski definition) is 2. The van der Waals surface area contributed by atoms with Crippen molar-refractivity contribution in [2.24, 2.45) is 5.92 Å². The molecule has 1 aromatic heterocycles. The van der Waals surface area contributed by atoms with Crippen molar-refractivity contribution in [1.29, 1.82) is 0 Å². The van der Waals surface area contributed by atoms with Crippen LogP contribution in [-0.2, 0) is 22.1 Å². The molecule has 11 heteroatoms. The number of aromatic nitrogens is 1. The first-order chi connectivity index (χ1) is 19.2. The molecule has 1 aromatic carbocycles. The Balaban J connectivity index is 1.32. The Hall–Kier alpha value is -3.34. The summed E-state index contributed by atoms with van der Waals surface area (Å²) in [4.78, 5) is 30.5. The van der Waals surface area contributed by atoms with Crippen LogP contribution in [0.3, 0.4) is 0 Å². The highest BCUT2D eigenvalue weighted by atomic mass is 19.4. The van der Waals surface area contributed by atoms with E-state index in [1.807, 2.05) is 18.2 Å². The number of amides is 1. The maximum Gasteiger partial charge on any atom is 0.434 e. The third-order valence-corrected chi connectivity index (χ3v) is 8.22. The predicted octanol–water partition coefficient (Wildman–Crippen LogP) is 5.51. The second kappa shape index (κ2) is 11.6. The molecule has 2 fully saturated rings. The summed E-state index contributed by atoms with van der Waals surface area (Å²) in [6.07, 6.45) is 1.04. The number of halogens is 3. The van der Waals surface area contributed by atoms with Gasteiger partial charge in [-0.1, -0.05) is 19.3 Å². The Kier molecular flexibility index (Phi) is 8.21. The molecule has 0 spiro atoms. The lowest BCUT2D eigenvalue weighted by molar-refractivity contribution is -0.145. The van der Waals surface area contributed by atoms with E-state index in [0.717, 1.165) is 62.0 Å². The molecular weight excluding hydrogens is 527 g/mol. The van der Waals surface area contributed by atoms with E-state index in [-0.39, 0.29) is 18.7 Å². The number of fused-ring (bicyclic) bond motifs is 1. The van der Waals surface area contributed by atoms with Crippen LogP contribution in [0.25, 0.3) is 0 Å². The molecule has 2 aliphatic heterocycles. The monoisotopic (exact) mass is 561 g/mol. The van der Waals surface area contributed by atoms with Crippen LogP contribution in [0.5, 0.6) is 5.75 Å². The van der Waals surface area contributed by atoms with Crippen molar-refractivity contribution in [2.45, 2.75) is 69.5 Å². The molecule has 216 valence electrons. The van der Waals surface area contributed by atoms with Crippen LogP contribution in [0, 0.1) is 5.92 Å². The van der Waals surface area contributed by atoms with E-state index in [4.69, 9.17) is 9.47 Å². The number of rotatable bonds is 8. The lowest BCUT2D eigenvalue weighted by Crippen LogP contribution is -2.55. The molecule has 2 aromatic rings. The average molecular weight is 562 g/mol. The zero-order chi connectivity index (χ0) is 28.3. The zero-order valence-corrected chi connectivity index (χ0v) is 22.3. The minimum absolute atomic E-state index is 0.0708. The molecule has 0 atom stereocenters. The summed E-state index contributed by atoms with van der Waals surface area (Å²) in [5, 5.41) is 12.1. The number of carboxylic acid groups (broad SMARTS) is 1. The number of benzene rings is 1. The van der Waals surface area contributed by atoms with E-state index in [2.05, 4.69) is 10.3 Å². The van der Waals surface area contributed by atoms with E-state index in [1.54, 1.807) is 4.90 Å². The normalized spacial score (nSPS) is 19.2. The maximum atomic E-state index is 14.1. The molecule has 2 N–H and O–H groups in total. The number of nitrogens with one attached hydrogen (secondary N) is 1. The summed E-state index contributed by atoms with van der Waals surface area (Å²) in [5.41, 5.74) is -1.91. The molecule has 1 amide bonds. The van der Waals surface area contributed by atoms with Crippen LogP contribution >= 0.6 is 0 Å². The molecule has 3 heterocycles. The third-order valence-electron chi connectivity index (χ3n) is 8.22. The van der Waals surface area contributed by atoms with Crippen LogP contribution < -0.4 is 15.0 Å². The number of carbonyl (C=O) groups is 2. The first kappa shape index (κ1) is 28.2. The molecule has 8 nitrogen and oxygen atoms in total. The largest absolute Gasteiger partial charge is 0.494 e. The van der Waals surface area contributed by atoms with Gasteiger partial charge in [-0.2, -0.15) is 13.2 Å². The summed E-state index contributed by atoms with van der Waals surface area (Å²) in [7, 11) is 0. The number of aliphatic carboxylic acids is 1. The smallest absolute Gasteiger partial charge is 0.434 e. The zero-order valence-electron chi connectivity index (χ0n) is 22.3. The van der Waals surface area contributed by atoms with Crippen molar-refractivity contribution < 1.29 is 37.3 Å². The fourth-order valence-electron chi connectivity index (χ4n) is 5.92. The average Bonchev–Trinajstić information content (AvgIpc) is 3.36. The summed E-state index contributed by atoms with van der Waals surface area (Å²) < 4.78 is 53.7. The fourth-order valence-corrected chi connectivity index (χ4v) is 5.92. The summed E-state index contributed by atoms with van der Waals surface area (Å²) in [6.45, 7) is 2.60. The van der Waals surface area contributed by atoms with Crippen LogP contribution in [0.15, 0.2) is 30.3 Å². The first-order valence-corrected chi connectivity index (χ1v) is 13.9. The Labute approximate surface area is 230 Å². The molecular formula is C29H34F3N3O5. The lowest BCUT2D eigenvalue weighted by atomic mass is 9.81. The number of pyridine rings is 1. The highest BCUT2D eigenvalue weighted by Crippen LogP contribution is 2.39. The minimum Gasteiger partial charge on any atom is -0.494 e. The molecule has 0 radical (unpaired) electrons. The maximum absolute atomic E-state index is 14.1. The summed E-state index contributed by atoms with van der Waals surface area (Å²) >= 11 is 0. The van der Waals surface area contributed by atoms with Gasteiger partial charge < -0.3 is 24.8 Å². The van der Waals surface area contributed by atoms with Crippen molar-refractivity contribution in [3.05, 3.63) is 47.2 Å². The third kappa shape index (κ3) is 6.04. The highest BCUT2D eigenvalue weighted by molar-refractivity contribution is 5.99. The number of hydrogen-bond acceptors (Lipinski definition) is 6. The standard InChI is InChI=1S/C29H34F3N3O5/c30-29(31,32)25-22(26(36)34-28(27(37)38)12-2-1-3-13-28)5-7-24(33-25)35-14-8-20-18-21(4-6-23(20)35)40-17-11-19-9-15-39-16-10-19/h4-7,18-19H,1-3,8-17H2,(H,34,36)(H,37,38). The van der Waals surface area contributed by atoms with Gasteiger partial charge in [-0.15, -0.1) is 0 Å². The second-order valence-corrected chi connectivity index (χ2v) is 10.9. The van der Waals surface area contributed by atoms with Crippen molar-refractivity contribution in [2.75, 3.05) is 31.3 Å². The van der Waals surface area contributed by atoms with Crippen molar-refractivity contribution in [3.8, 4) is 5.75 Å². The van der Waals surface area contributed by atoms with Gasteiger partial charge in [0.2, 0.25) is 0 Å². The minimum atomic E-state index is -4.91. The Morgan fingerprint density at radius 1 is 1.12 bits per heavy atom. The number of anilines is 2. The van der Waals surface area contributed by atoms with Gasteiger partial charge in [0, 0.05) is 25.4 Å². The number of nitrogens with zero attached hydrogens (tertiary/aromatic N) is 2. The molecule has 1 aliphatic carbocycles. The van der Waals surface area contributed by atoms with Gasteiger partial charge in [0.05, 0.1) is 12.2 Å². The van der Waals surface area contributed by atoms with Crippen LogP contribution in [0.4, 0.5) is 24.7 Å². The van der Waals surface area contributed by atoms with Crippen LogP contribution in [-0.4, -0.2) is 53.9 Å². The molecule has 0 unspecified atom stereocenters. The van der Waals surface area contributed by atoms with Crippen molar-refractivity contribution >= 4 is 23.4 Å². The van der Waals surface area contributed by atoms with E-state index in [0.29, 0.717) is 38.3 Å². The Bertz CT molecular complexity index is 1240. The fraction of sp³-hybridized carbons (Fsp3) is 0.552. The molecule has 3 aliphatic rings. The number of carboxylic acids is 1. The van der Waals surface area contributed by atoms with E-state index in [9.17, 15) is 27.9 Å². The highest BCUT2D eigenvalue weighted by Gasteiger charge is 2.44. The quantitative estimate of drug-likeness (QED) is 0.439. The van der Waals surface area contributed by atoms with Gasteiger partial charge in [0.15, 0.2) is 5.69 Å². The van der Waals surface area contributed by atoms with Crippen LogP contribution in [0.1, 0.15) is 73.0 Å². The predicted molar refractivity (Wildman–Crippen MR) is 141 cm³/mol. The van der Waals surface area contributed by atoms with E-state index < -0.39 is 34.8 Å². The number of alkyl halides is 3. The molecule has 40 heavy (non-hydrogen) atoms. The molecule has 5 rings (SSSR count). The van der Waals surface area contributed by atoms with Crippen molar-refractivity contribution in [3.63, 3.8) is 0 Å². The summed E-state index contributed by atoms with van der Waals surface area (Å²) in [5.74, 6) is -0.936. The van der Waals surface area contributed by atoms with E-state index in [1.165, 1.54) is 6.07 Å². The lowest BCUT2D eigenvalue weighted by Gasteiger charge is -2.34. The Morgan fingerprint density at radius 2 is 1.88 bits per heavy atom. The van der Waals surface area contributed by atoms with Gasteiger partial charge in [-0.3, -0.25) is 4.79 Å². The van der Waals surface area contributed by atoms with Gasteiger partial charge in [-0.05, 0) is 80.3 Å². The first-order valence-electron chi connectivity index (χ1n) is 13.9. The molecule has 1 saturated carbocycles. The number of carbonyl (C=O) groups excluding carboxylic acids is 1. The topological polar surface area (TPSA) is 101 Å². The number of ether oxygens (including phenoxy) is 2. The second-order valence-electron chi connectivity index (χ2n) is 10.9. The van der Waals surface area contributed by atoms with Gasteiger partial charge in [-0.25, -0.2) is 9.78 Å².